The average molecular weight is 205 g/mol. The van der Waals surface area contributed by atoms with Crippen LogP contribution in [-0.2, 0) is 6.42 Å². The largest absolute Gasteiger partial charge is 0.388 e. The highest BCUT2D eigenvalue weighted by Crippen LogP contribution is 2.30. The van der Waals surface area contributed by atoms with Crippen LogP contribution < -0.4 is 0 Å². The van der Waals surface area contributed by atoms with E-state index in [-0.39, 0.29) is 6.04 Å². The van der Waals surface area contributed by atoms with Gasteiger partial charge in [0.05, 0.1) is 5.60 Å². The molecule has 1 aromatic rings. The Hall–Kier alpha value is -0.860. The Morgan fingerprint density at radius 3 is 2.60 bits per heavy atom. The Bertz CT molecular complexity index is 325. The topological polar surface area (TPSA) is 23.5 Å². The van der Waals surface area contributed by atoms with E-state index in [1.807, 2.05) is 18.2 Å². The van der Waals surface area contributed by atoms with E-state index in [4.69, 9.17) is 0 Å². The van der Waals surface area contributed by atoms with E-state index < -0.39 is 5.60 Å². The fourth-order valence-corrected chi connectivity index (χ4v) is 2.37. The van der Waals surface area contributed by atoms with Crippen molar-refractivity contribution in [1.82, 2.24) is 4.90 Å². The number of rotatable bonds is 2. The van der Waals surface area contributed by atoms with Gasteiger partial charge in [-0.2, -0.15) is 0 Å². The van der Waals surface area contributed by atoms with Crippen molar-refractivity contribution in [2.75, 3.05) is 13.6 Å². The molecule has 0 aliphatic carbocycles. The summed E-state index contributed by atoms with van der Waals surface area (Å²) in [5, 5.41) is 10.5. The standard InChI is InChI=1S/C13H19NO/c1-11-13(15,8-9-14(11)2)10-12-6-4-3-5-7-12/h3-7,11,15H,8-10H2,1-2H3/t11-,13-/m0/s1. The molecule has 2 rings (SSSR count). The van der Waals surface area contributed by atoms with E-state index in [2.05, 4.69) is 31.0 Å². The highest BCUT2D eigenvalue weighted by atomic mass is 16.3. The molecule has 0 amide bonds. The first-order chi connectivity index (χ1) is 7.12. The minimum Gasteiger partial charge on any atom is -0.388 e. The summed E-state index contributed by atoms with van der Waals surface area (Å²) < 4.78 is 0. The maximum absolute atomic E-state index is 10.5. The lowest BCUT2D eigenvalue weighted by molar-refractivity contribution is 0.0155. The molecule has 1 aliphatic heterocycles. The van der Waals surface area contributed by atoms with Gasteiger partial charge in [0, 0.05) is 19.0 Å². The van der Waals surface area contributed by atoms with Crippen LogP contribution in [0.25, 0.3) is 0 Å². The highest BCUT2D eigenvalue weighted by Gasteiger charge is 2.41. The number of likely N-dealkylation sites (N-methyl/N-ethyl adjacent to an activating group) is 1. The lowest BCUT2D eigenvalue weighted by Gasteiger charge is -2.29. The van der Waals surface area contributed by atoms with Crippen LogP contribution in [0.5, 0.6) is 0 Å². The Labute approximate surface area is 91.5 Å². The molecular formula is C13H19NO. The van der Waals surface area contributed by atoms with Gasteiger partial charge in [0.2, 0.25) is 0 Å². The second-order valence-corrected chi connectivity index (χ2v) is 4.67. The van der Waals surface area contributed by atoms with Crippen molar-refractivity contribution < 1.29 is 5.11 Å². The molecule has 0 spiro atoms. The quantitative estimate of drug-likeness (QED) is 0.794. The van der Waals surface area contributed by atoms with Gasteiger partial charge in [0.1, 0.15) is 0 Å². The van der Waals surface area contributed by atoms with Gasteiger partial charge in [0.15, 0.2) is 0 Å². The van der Waals surface area contributed by atoms with E-state index in [0.29, 0.717) is 0 Å². The lowest BCUT2D eigenvalue weighted by atomic mass is 9.88. The fourth-order valence-electron chi connectivity index (χ4n) is 2.37. The molecular weight excluding hydrogens is 186 g/mol. The first-order valence-corrected chi connectivity index (χ1v) is 5.58. The number of hydrogen-bond acceptors (Lipinski definition) is 2. The van der Waals surface area contributed by atoms with Crippen LogP contribution in [0.15, 0.2) is 30.3 Å². The number of nitrogens with zero attached hydrogens (tertiary/aromatic N) is 1. The first-order valence-electron chi connectivity index (χ1n) is 5.58. The normalized spacial score (nSPS) is 32.1. The first kappa shape index (κ1) is 10.7. The average Bonchev–Trinajstić information content (AvgIpc) is 2.48. The van der Waals surface area contributed by atoms with Gasteiger partial charge in [-0.3, -0.25) is 0 Å². The SMILES string of the molecule is C[C@@H]1N(C)CC[C@]1(O)Cc1ccccc1. The predicted octanol–water partition coefficient (Wildman–Crippen LogP) is 1.68. The van der Waals surface area contributed by atoms with Crippen molar-refractivity contribution >= 4 is 0 Å². The smallest absolute Gasteiger partial charge is 0.0851 e. The Kier molecular flexibility index (Phi) is 2.81. The van der Waals surface area contributed by atoms with Gasteiger partial charge in [-0.25, -0.2) is 0 Å². The van der Waals surface area contributed by atoms with Crippen molar-refractivity contribution in [3.8, 4) is 0 Å². The summed E-state index contributed by atoms with van der Waals surface area (Å²) in [5.41, 5.74) is 0.679. The van der Waals surface area contributed by atoms with Crippen LogP contribution >= 0.6 is 0 Å². The van der Waals surface area contributed by atoms with E-state index >= 15 is 0 Å². The zero-order valence-corrected chi connectivity index (χ0v) is 9.48. The Morgan fingerprint density at radius 2 is 2.07 bits per heavy atom. The molecule has 1 saturated heterocycles. The highest BCUT2D eigenvalue weighted by molar-refractivity contribution is 5.18. The molecule has 15 heavy (non-hydrogen) atoms. The molecule has 1 aliphatic rings. The van der Waals surface area contributed by atoms with Crippen molar-refractivity contribution in [3.63, 3.8) is 0 Å². The van der Waals surface area contributed by atoms with E-state index in [1.54, 1.807) is 0 Å². The van der Waals surface area contributed by atoms with E-state index in [1.165, 1.54) is 5.56 Å². The molecule has 2 heteroatoms. The third-order valence-corrected chi connectivity index (χ3v) is 3.69. The van der Waals surface area contributed by atoms with Gasteiger partial charge in [-0.05, 0) is 26.0 Å². The third-order valence-electron chi connectivity index (χ3n) is 3.69. The van der Waals surface area contributed by atoms with Crippen LogP contribution in [0, 0.1) is 0 Å². The third kappa shape index (κ3) is 2.06. The van der Waals surface area contributed by atoms with Gasteiger partial charge < -0.3 is 10.0 Å². The van der Waals surface area contributed by atoms with E-state index in [9.17, 15) is 5.11 Å². The van der Waals surface area contributed by atoms with Gasteiger partial charge in [-0.15, -0.1) is 0 Å². The fraction of sp³-hybridized carbons (Fsp3) is 0.538. The summed E-state index contributed by atoms with van der Waals surface area (Å²) >= 11 is 0. The molecule has 1 heterocycles. The molecule has 0 aromatic heterocycles. The number of hydrogen-bond donors (Lipinski definition) is 1. The second kappa shape index (κ2) is 3.95. The zero-order valence-electron chi connectivity index (χ0n) is 9.48. The summed E-state index contributed by atoms with van der Waals surface area (Å²) in [6.45, 7) is 3.10. The van der Waals surface area contributed by atoms with Gasteiger partial charge in [0.25, 0.3) is 0 Å². The molecule has 82 valence electrons. The molecule has 0 unspecified atom stereocenters. The molecule has 0 bridgehead atoms. The molecule has 2 atom stereocenters. The molecule has 1 N–H and O–H groups in total. The maximum atomic E-state index is 10.5. The lowest BCUT2D eigenvalue weighted by Crippen LogP contribution is -2.42. The summed E-state index contributed by atoms with van der Waals surface area (Å²) in [5.74, 6) is 0. The summed E-state index contributed by atoms with van der Waals surface area (Å²) in [6, 6.07) is 10.5. The van der Waals surface area contributed by atoms with Crippen LogP contribution in [0.3, 0.4) is 0 Å². The van der Waals surface area contributed by atoms with Crippen LogP contribution in [0.2, 0.25) is 0 Å². The van der Waals surface area contributed by atoms with Gasteiger partial charge >= 0.3 is 0 Å². The number of aliphatic hydroxyl groups is 1. The second-order valence-electron chi connectivity index (χ2n) is 4.67. The number of benzene rings is 1. The van der Waals surface area contributed by atoms with Crippen LogP contribution in [0.1, 0.15) is 18.9 Å². The van der Waals surface area contributed by atoms with Crippen molar-refractivity contribution in [3.05, 3.63) is 35.9 Å². The Balaban J connectivity index is 2.12. The van der Waals surface area contributed by atoms with Crippen molar-refractivity contribution in [1.29, 1.82) is 0 Å². The molecule has 2 nitrogen and oxygen atoms in total. The van der Waals surface area contributed by atoms with Gasteiger partial charge in [-0.1, -0.05) is 30.3 Å². The molecule has 0 radical (unpaired) electrons. The van der Waals surface area contributed by atoms with Crippen molar-refractivity contribution in [2.24, 2.45) is 0 Å². The molecule has 0 saturated carbocycles. The summed E-state index contributed by atoms with van der Waals surface area (Å²) in [7, 11) is 2.08. The van der Waals surface area contributed by atoms with E-state index in [0.717, 1.165) is 19.4 Å². The monoisotopic (exact) mass is 205 g/mol. The summed E-state index contributed by atoms with van der Waals surface area (Å²) in [4.78, 5) is 2.23. The molecule has 1 fully saturated rings. The Morgan fingerprint density at radius 1 is 1.40 bits per heavy atom. The zero-order chi connectivity index (χ0) is 10.9. The van der Waals surface area contributed by atoms with Crippen LogP contribution in [0.4, 0.5) is 0 Å². The summed E-state index contributed by atoms with van der Waals surface area (Å²) in [6.07, 6.45) is 1.64. The number of likely N-dealkylation sites (tertiary alicyclic amines) is 1. The predicted molar refractivity (Wildman–Crippen MR) is 61.8 cm³/mol. The maximum Gasteiger partial charge on any atom is 0.0851 e. The van der Waals surface area contributed by atoms with Crippen molar-refractivity contribution in [2.45, 2.75) is 31.4 Å². The van der Waals surface area contributed by atoms with Crippen LogP contribution in [-0.4, -0.2) is 35.2 Å². The minimum absolute atomic E-state index is 0.248. The minimum atomic E-state index is -0.546. The molecule has 1 aromatic carbocycles.